The van der Waals surface area contributed by atoms with Crippen molar-refractivity contribution in [2.75, 3.05) is 0 Å². The topological polar surface area (TPSA) is 56.5 Å². The van der Waals surface area contributed by atoms with E-state index in [0.29, 0.717) is 5.95 Å². The van der Waals surface area contributed by atoms with E-state index in [1.54, 1.807) is 23.3 Å². The number of aryl methyl sites for hydroxylation is 2. The monoisotopic (exact) mass is 175 g/mol. The maximum Gasteiger partial charge on any atom is 0.254 e. The number of hydrogen-bond acceptors (Lipinski definition) is 4. The predicted octanol–water partition coefficient (Wildman–Crippen LogP) is 0.674. The summed E-state index contributed by atoms with van der Waals surface area (Å²) < 4.78 is 1.72. The molecule has 0 spiro atoms. The molecule has 2 aromatic heterocycles. The van der Waals surface area contributed by atoms with Gasteiger partial charge in [0.05, 0.1) is 11.4 Å². The first kappa shape index (κ1) is 7.85. The second-order valence-electron chi connectivity index (χ2n) is 2.75. The molecular weight excluding hydrogens is 166 g/mol. The van der Waals surface area contributed by atoms with Crippen LogP contribution >= 0.6 is 0 Å². The van der Waals surface area contributed by atoms with E-state index in [9.17, 15) is 0 Å². The zero-order valence-electron chi connectivity index (χ0n) is 7.47. The highest BCUT2D eigenvalue weighted by Crippen LogP contribution is 2.01. The van der Waals surface area contributed by atoms with Gasteiger partial charge in [-0.1, -0.05) is 0 Å². The van der Waals surface area contributed by atoms with Gasteiger partial charge in [-0.05, 0) is 13.8 Å². The fourth-order valence-electron chi connectivity index (χ4n) is 0.932. The van der Waals surface area contributed by atoms with Gasteiger partial charge in [-0.25, -0.2) is 9.97 Å². The van der Waals surface area contributed by atoms with Gasteiger partial charge >= 0.3 is 0 Å². The van der Waals surface area contributed by atoms with Crippen molar-refractivity contribution in [2.45, 2.75) is 13.8 Å². The quantitative estimate of drug-likeness (QED) is 0.639. The summed E-state index contributed by atoms with van der Waals surface area (Å²) in [6.45, 7) is 3.79. The molecule has 0 atom stereocenters. The third-order valence-electron chi connectivity index (χ3n) is 1.82. The molecule has 0 aromatic carbocycles. The lowest BCUT2D eigenvalue weighted by Gasteiger charge is -2.00. The molecule has 0 amide bonds. The minimum atomic E-state index is 0.556. The van der Waals surface area contributed by atoms with Crippen LogP contribution in [-0.4, -0.2) is 24.7 Å². The average Bonchev–Trinajstić information content (AvgIpc) is 2.62. The smallest absolute Gasteiger partial charge is 0.254 e. The number of hydrogen-bond donors (Lipinski definition) is 0. The van der Waals surface area contributed by atoms with E-state index in [2.05, 4.69) is 20.2 Å². The molecule has 13 heavy (non-hydrogen) atoms. The standard InChI is InChI=1S/C8H9N5/c1-6-7(2)11-12-8(10-6)13-4-3-9-5-13/h3-5H,1-2H3. The lowest BCUT2D eigenvalue weighted by molar-refractivity contribution is 0.814. The molecule has 5 nitrogen and oxygen atoms in total. The van der Waals surface area contributed by atoms with E-state index in [1.165, 1.54) is 0 Å². The van der Waals surface area contributed by atoms with Gasteiger partial charge in [-0.2, -0.15) is 5.10 Å². The largest absolute Gasteiger partial charge is 0.273 e. The lowest BCUT2D eigenvalue weighted by atomic mass is 10.4. The summed E-state index contributed by atoms with van der Waals surface area (Å²) in [4.78, 5) is 8.17. The molecule has 0 saturated carbocycles. The molecule has 0 unspecified atom stereocenters. The summed E-state index contributed by atoms with van der Waals surface area (Å²) in [6.07, 6.45) is 5.11. The second-order valence-corrected chi connectivity index (χ2v) is 2.75. The summed E-state index contributed by atoms with van der Waals surface area (Å²) >= 11 is 0. The Labute approximate surface area is 75.5 Å². The van der Waals surface area contributed by atoms with Crippen molar-refractivity contribution in [1.29, 1.82) is 0 Å². The zero-order chi connectivity index (χ0) is 9.26. The summed E-state index contributed by atoms with van der Waals surface area (Å²) in [7, 11) is 0. The van der Waals surface area contributed by atoms with E-state index < -0.39 is 0 Å². The molecule has 0 bridgehead atoms. The maximum atomic E-state index is 4.26. The summed E-state index contributed by atoms with van der Waals surface area (Å²) in [5.74, 6) is 0.556. The van der Waals surface area contributed by atoms with Crippen LogP contribution in [0.4, 0.5) is 0 Å². The van der Waals surface area contributed by atoms with Gasteiger partial charge < -0.3 is 0 Å². The highest BCUT2D eigenvalue weighted by molar-refractivity contribution is 5.14. The van der Waals surface area contributed by atoms with Gasteiger partial charge in [0.25, 0.3) is 5.95 Å². The van der Waals surface area contributed by atoms with Crippen molar-refractivity contribution in [3.05, 3.63) is 30.1 Å². The van der Waals surface area contributed by atoms with Crippen LogP contribution in [0.2, 0.25) is 0 Å². The second kappa shape index (κ2) is 2.93. The van der Waals surface area contributed by atoms with Crippen LogP contribution in [0.1, 0.15) is 11.4 Å². The van der Waals surface area contributed by atoms with Crippen molar-refractivity contribution in [2.24, 2.45) is 0 Å². The van der Waals surface area contributed by atoms with Gasteiger partial charge in [0.15, 0.2) is 0 Å². The van der Waals surface area contributed by atoms with Gasteiger partial charge in [0.2, 0.25) is 0 Å². The fraction of sp³-hybridized carbons (Fsp3) is 0.250. The minimum Gasteiger partial charge on any atom is -0.273 e. The van der Waals surface area contributed by atoms with Gasteiger partial charge in [0, 0.05) is 12.4 Å². The van der Waals surface area contributed by atoms with Crippen molar-refractivity contribution in [1.82, 2.24) is 24.7 Å². The molecule has 2 aromatic rings. The van der Waals surface area contributed by atoms with Crippen molar-refractivity contribution in [3.63, 3.8) is 0 Å². The van der Waals surface area contributed by atoms with Gasteiger partial charge in [-0.3, -0.25) is 4.57 Å². The van der Waals surface area contributed by atoms with E-state index in [0.717, 1.165) is 11.4 Å². The number of nitrogens with zero attached hydrogens (tertiary/aromatic N) is 5. The molecule has 0 aliphatic heterocycles. The van der Waals surface area contributed by atoms with Crippen LogP contribution in [-0.2, 0) is 0 Å². The molecule has 0 N–H and O–H groups in total. The molecule has 0 fully saturated rings. The predicted molar refractivity (Wildman–Crippen MR) is 46.4 cm³/mol. The Morgan fingerprint density at radius 2 is 2.00 bits per heavy atom. The Kier molecular flexibility index (Phi) is 1.77. The normalized spacial score (nSPS) is 10.3. The highest BCUT2D eigenvalue weighted by Gasteiger charge is 2.01. The number of aromatic nitrogens is 5. The van der Waals surface area contributed by atoms with E-state index in [4.69, 9.17) is 0 Å². The number of rotatable bonds is 1. The Bertz CT molecular complexity index is 406. The Balaban J connectivity index is 2.49. The lowest BCUT2D eigenvalue weighted by Crippen LogP contribution is -2.04. The zero-order valence-corrected chi connectivity index (χ0v) is 7.47. The van der Waals surface area contributed by atoms with Gasteiger partial charge in [0.1, 0.15) is 6.33 Å². The van der Waals surface area contributed by atoms with Crippen LogP contribution < -0.4 is 0 Å². The van der Waals surface area contributed by atoms with Crippen molar-refractivity contribution >= 4 is 0 Å². The molecule has 2 rings (SSSR count). The first-order valence-electron chi connectivity index (χ1n) is 3.93. The molecule has 0 radical (unpaired) electrons. The third kappa shape index (κ3) is 1.40. The summed E-state index contributed by atoms with van der Waals surface area (Å²) in [5.41, 5.74) is 1.74. The molecule has 0 aliphatic carbocycles. The Morgan fingerprint density at radius 1 is 1.15 bits per heavy atom. The Hall–Kier alpha value is -1.78. The fourth-order valence-corrected chi connectivity index (χ4v) is 0.932. The molecule has 0 saturated heterocycles. The van der Waals surface area contributed by atoms with Crippen molar-refractivity contribution in [3.8, 4) is 5.95 Å². The first-order chi connectivity index (χ1) is 6.27. The Morgan fingerprint density at radius 3 is 2.62 bits per heavy atom. The highest BCUT2D eigenvalue weighted by atomic mass is 15.3. The van der Waals surface area contributed by atoms with E-state index in [1.807, 2.05) is 13.8 Å². The van der Waals surface area contributed by atoms with Crippen LogP contribution in [0.5, 0.6) is 0 Å². The van der Waals surface area contributed by atoms with E-state index in [-0.39, 0.29) is 0 Å². The van der Waals surface area contributed by atoms with E-state index >= 15 is 0 Å². The SMILES string of the molecule is Cc1nnc(-n2ccnc2)nc1C. The summed E-state index contributed by atoms with van der Waals surface area (Å²) in [6, 6.07) is 0. The van der Waals surface area contributed by atoms with Gasteiger partial charge in [-0.15, -0.1) is 5.10 Å². The third-order valence-corrected chi connectivity index (χ3v) is 1.82. The molecule has 5 heteroatoms. The maximum absolute atomic E-state index is 4.26. The average molecular weight is 175 g/mol. The molecule has 0 aliphatic rings. The summed E-state index contributed by atoms with van der Waals surface area (Å²) in [5, 5.41) is 7.92. The van der Waals surface area contributed by atoms with Crippen LogP contribution in [0.25, 0.3) is 5.95 Å². The molecule has 66 valence electrons. The van der Waals surface area contributed by atoms with Crippen LogP contribution in [0.15, 0.2) is 18.7 Å². The van der Waals surface area contributed by atoms with Crippen LogP contribution in [0, 0.1) is 13.8 Å². The minimum absolute atomic E-state index is 0.556. The van der Waals surface area contributed by atoms with Crippen LogP contribution in [0.3, 0.4) is 0 Å². The molecular formula is C8H9N5. The first-order valence-corrected chi connectivity index (χ1v) is 3.93. The van der Waals surface area contributed by atoms with Crippen molar-refractivity contribution < 1.29 is 0 Å². The number of imidazole rings is 1. The molecule has 2 heterocycles.